The SMILES string of the molecule is CNCC1OCCN(C(C)C)C1c1cc(C)ccc1C. The topological polar surface area (TPSA) is 24.5 Å². The molecule has 1 aromatic carbocycles. The number of hydrogen-bond donors (Lipinski definition) is 1. The standard InChI is InChI=1S/C17H28N2O/c1-12(2)19-8-9-20-16(11-18-5)17(19)15-10-13(3)6-7-14(15)4/h6-7,10,12,16-18H,8-9,11H2,1-5H3. The molecule has 112 valence electrons. The summed E-state index contributed by atoms with van der Waals surface area (Å²) in [6, 6.07) is 7.62. The molecule has 0 saturated carbocycles. The molecule has 20 heavy (non-hydrogen) atoms. The largest absolute Gasteiger partial charge is 0.374 e. The van der Waals surface area contributed by atoms with Gasteiger partial charge in [-0.1, -0.05) is 23.8 Å². The fraction of sp³-hybridized carbons (Fsp3) is 0.647. The predicted octanol–water partition coefficient (Wildman–Crippen LogP) is 2.67. The molecule has 2 unspecified atom stereocenters. The van der Waals surface area contributed by atoms with Gasteiger partial charge in [-0.05, 0) is 45.9 Å². The summed E-state index contributed by atoms with van der Waals surface area (Å²) >= 11 is 0. The number of nitrogens with one attached hydrogen (secondary N) is 1. The fourth-order valence-electron chi connectivity index (χ4n) is 3.16. The van der Waals surface area contributed by atoms with E-state index in [0.29, 0.717) is 12.1 Å². The molecule has 0 spiro atoms. The zero-order valence-corrected chi connectivity index (χ0v) is 13.4. The lowest BCUT2D eigenvalue weighted by molar-refractivity contribution is -0.0817. The van der Waals surface area contributed by atoms with Gasteiger partial charge in [-0.25, -0.2) is 0 Å². The van der Waals surface area contributed by atoms with Crippen molar-refractivity contribution in [3.8, 4) is 0 Å². The number of ether oxygens (including phenoxy) is 1. The van der Waals surface area contributed by atoms with Crippen LogP contribution in [0.3, 0.4) is 0 Å². The lowest BCUT2D eigenvalue weighted by atomic mass is 9.92. The number of likely N-dealkylation sites (N-methyl/N-ethyl adjacent to an activating group) is 1. The van der Waals surface area contributed by atoms with Gasteiger partial charge < -0.3 is 10.1 Å². The van der Waals surface area contributed by atoms with E-state index in [2.05, 4.69) is 56.1 Å². The minimum absolute atomic E-state index is 0.219. The van der Waals surface area contributed by atoms with Crippen molar-refractivity contribution < 1.29 is 4.74 Å². The quantitative estimate of drug-likeness (QED) is 0.915. The van der Waals surface area contributed by atoms with E-state index in [4.69, 9.17) is 4.74 Å². The van der Waals surface area contributed by atoms with Gasteiger partial charge in [0.15, 0.2) is 0 Å². The summed E-state index contributed by atoms with van der Waals surface area (Å²) in [5.41, 5.74) is 4.10. The van der Waals surface area contributed by atoms with Crippen molar-refractivity contribution in [2.24, 2.45) is 0 Å². The van der Waals surface area contributed by atoms with Crippen molar-refractivity contribution >= 4 is 0 Å². The van der Waals surface area contributed by atoms with Crippen molar-refractivity contribution in [2.45, 2.75) is 45.9 Å². The summed E-state index contributed by atoms with van der Waals surface area (Å²) in [5.74, 6) is 0. The third-order valence-corrected chi connectivity index (χ3v) is 4.21. The average Bonchev–Trinajstić information content (AvgIpc) is 2.42. The van der Waals surface area contributed by atoms with Crippen LogP contribution in [-0.2, 0) is 4.74 Å². The molecule has 0 aliphatic carbocycles. The predicted molar refractivity (Wildman–Crippen MR) is 84.2 cm³/mol. The van der Waals surface area contributed by atoms with Gasteiger partial charge >= 0.3 is 0 Å². The number of benzene rings is 1. The van der Waals surface area contributed by atoms with Crippen LogP contribution in [0.15, 0.2) is 18.2 Å². The van der Waals surface area contributed by atoms with E-state index in [1.54, 1.807) is 0 Å². The van der Waals surface area contributed by atoms with Gasteiger partial charge in [0.25, 0.3) is 0 Å². The molecule has 0 amide bonds. The monoisotopic (exact) mass is 276 g/mol. The Morgan fingerprint density at radius 2 is 2.10 bits per heavy atom. The molecule has 1 aliphatic heterocycles. The van der Waals surface area contributed by atoms with Crippen LogP contribution in [0.1, 0.15) is 36.6 Å². The minimum Gasteiger partial charge on any atom is -0.374 e. The lowest BCUT2D eigenvalue weighted by Gasteiger charge is -2.44. The molecule has 0 aromatic heterocycles. The van der Waals surface area contributed by atoms with E-state index in [9.17, 15) is 0 Å². The van der Waals surface area contributed by atoms with Gasteiger partial charge in [-0.15, -0.1) is 0 Å². The molecule has 0 radical (unpaired) electrons. The number of hydrogen-bond acceptors (Lipinski definition) is 3. The zero-order chi connectivity index (χ0) is 14.7. The molecular formula is C17H28N2O. The van der Waals surface area contributed by atoms with Crippen LogP contribution in [0, 0.1) is 13.8 Å². The van der Waals surface area contributed by atoms with Gasteiger partial charge in [0.05, 0.1) is 18.8 Å². The van der Waals surface area contributed by atoms with Crippen LogP contribution >= 0.6 is 0 Å². The first-order valence-electron chi connectivity index (χ1n) is 7.63. The maximum absolute atomic E-state index is 6.06. The van der Waals surface area contributed by atoms with Crippen molar-refractivity contribution in [1.82, 2.24) is 10.2 Å². The average molecular weight is 276 g/mol. The molecule has 1 heterocycles. The Balaban J connectivity index is 2.40. The molecule has 2 rings (SSSR count). The summed E-state index contributed by atoms with van der Waals surface area (Å²) in [7, 11) is 2.00. The number of nitrogens with zero attached hydrogens (tertiary/aromatic N) is 1. The van der Waals surface area contributed by atoms with E-state index in [0.717, 1.165) is 19.7 Å². The normalized spacial score (nSPS) is 24.3. The third-order valence-electron chi connectivity index (χ3n) is 4.21. The molecule has 1 N–H and O–H groups in total. The molecule has 3 heteroatoms. The van der Waals surface area contributed by atoms with Crippen LogP contribution in [0.2, 0.25) is 0 Å². The Kier molecular flexibility index (Phi) is 5.19. The van der Waals surface area contributed by atoms with Gasteiger partial charge in [0.2, 0.25) is 0 Å². The van der Waals surface area contributed by atoms with Crippen molar-refractivity contribution in [3.63, 3.8) is 0 Å². The maximum Gasteiger partial charge on any atom is 0.0896 e. The van der Waals surface area contributed by atoms with Gasteiger partial charge in [-0.2, -0.15) is 0 Å². The number of rotatable bonds is 4. The van der Waals surface area contributed by atoms with Crippen LogP contribution in [0.25, 0.3) is 0 Å². The number of morpholine rings is 1. The second-order valence-corrected chi connectivity index (χ2v) is 6.10. The Hall–Kier alpha value is -0.900. The van der Waals surface area contributed by atoms with Crippen molar-refractivity contribution in [1.29, 1.82) is 0 Å². The van der Waals surface area contributed by atoms with Crippen molar-refractivity contribution in [2.75, 3.05) is 26.7 Å². The zero-order valence-electron chi connectivity index (χ0n) is 13.4. The first-order valence-corrected chi connectivity index (χ1v) is 7.63. The highest BCUT2D eigenvalue weighted by Gasteiger charge is 2.35. The summed E-state index contributed by atoms with van der Waals surface area (Å²) in [5, 5.41) is 3.28. The van der Waals surface area contributed by atoms with Gasteiger partial charge in [-0.3, -0.25) is 4.90 Å². The summed E-state index contributed by atoms with van der Waals surface area (Å²) in [6.45, 7) is 11.7. The Labute approximate surface area is 123 Å². The van der Waals surface area contributed by atoms with E-state index < -0.39 is 0 Å². The fourth-order valence-corrected chi connectivity index (χ4v) is 3.16. The molecule has 1 saturated heterocycles. The molecule has 1 aromatic rings. The van der Waals surface area contributed by atoms with Crippen LogP contribution in [0.5, 0.6) is 0 Å². The molecule has 2 atom stereocenters. The van der Waals surface area contributed by atoms with Gasteiger partial charge in [0, 0.05) is 19.1 Å². The first kappa shape index (κ1) is 15.5. The smallest absolute Gasteiger partial charge is 0.0896 e. The van der Waals surface area contributed by atoms with E-state index >= 15 is 0 Å². The van der Waals surface area contributed by atoms with Crippen LogP contribution < -0.4 is 5.32 Å². The summed E-state index contributed by atoms with van der Waals surface area (Å²) in [4.78, 5) is 2.58. The van der Waals surface area contributed by atoms with E-state index in [-0.39, 0.29) is 6.10 Å². The lowest BCUT2D eigenvalue weighted by Crippen LogP contribution is -2.51. The van der Waals surface area contributed by atoms with E-state index in [1.165, 1.54) is 16.7 Å². The van der Waals surface area contributed by atoms with Crippen LogP contribution in [0.4, 0.5) is 0 Å². The highest BCUT2D eigenvalue weighted by atomic mass is 16.5. The molecular weight excluding hydrogens is 248 g/mol. The molecule has 1 aliphatic rings. The highest BCUT2D eigenvalue weighted by molar-refractivity contribution is 5.34. The number of aryl methyl sites for hydroxylation is 2. The molecule has 3 nitrogen and oxygen atoms in total. The van der Waals surface area contributed by atoms with Gasteiger partial charge in [0.1, 0.15) is 0 Å². The second kappa shape index (κ2) is 6.70. The maximum atomic E-state index is 6.06. The second-order valence-electron chi connectivity index (χ2n) is 6.10. The summed E-state index contributed by atoms with van der Waals surface area (Å²) in [6.07, 6.45) is 0.219. The Morgan fingerprint density at radius 1 is 1.35 bits per heavy atom. The summed E-state index contributed by atoms with van der Waals surface area (Å²) < 4.78 is 6.06. The molecule has 0 bridgehead atoms. The van der Waals surface area contributed by atoms with Crippen molar-refractivity contribution in [3.05, 3.63) is 34.9 Å². The molecule has 1 fully saturated rings. The Bertz CT molecular complexity index is 443. The Morgan fingerprint density at radius 3 is 2.75 bits per heavy atom. The minimum atomic E-state index is 0.219. The first-order chi connectivity index (χ1) is 9.54. The van der Waals surface area contributed by atoms with Crippen LogP contribution in [-0.4, -0.2) is 43.8 Å². The third kappa shape index (κ3) is 3.22. The highest BCUT2D eigenvalue weighted by Crippen LogP contribution is 2.33. The van der Waals surface area contributed by atoms with E-state index in [1.807, 2.05) is 7.05 Å².